The van der Waals surface area contributed by atoms with Gasteiger partial charge >= 0.3 is 0 Å². The number of nitrogens with one attached hydrogen (secondary N) is 1. The number of hydrogen-bond acceptors (Lipinski definition) is 4. The molecule has 0 aliphatic carbocycles. The first-order chi connectivity index (χ1) is 10.7. The monoisotopic (exact) mass is 292 g/mol. The molecule has 2 N–H and O–H groups in total. The highest BCUT2D eigenvalue weighted by molar-refractivity contribution is 5.66. The zero-order valence-electron chi connectivity index (χ0n) is 12.2. The summed E-state index contributed by atoms with van der Waals surface area (Å²) >= 11 is 0. The minimum Gasteiger partial charge on any atom is -0.508 e. The van der Waals surface area contributed by atoms with Crippen LogP contribution in [-0.4, -0.2) is 17.2 Å². The number of phenols is 1. The number of hydrogen-bond donors (Lipinski definition) is 2. The molecule has 4 heteroatoms. The molecule has 4 nitrogen and oxygen atoms in total. The maximum Gasteiger partial charge on any atom is 0.130 e. The minimum atomic E-state index is 0.248. The van der Waals surface area contributed by atoms with Crippen LogP contribution >= 0.6 is 0 Å². The lowest BCUT2D eigenvalue weighted by Gasteiger charge is -2.08. The molecular weight excluding hydrogens is 276 g/mol. The lowest BCUT2D eigenvalue weighted by molar-refractivity contribution is 0.415. The molecule has 0 aliphatic rings. The van der Waals surface area contributed by atoms with Gasteiger partial charge in [0, 0.05) is 17.4 Å². The third-order valence-electron chi connectivity index (χ3n) is 3.31. The Bertz CT molecular complexity index is 753. The van der Waals surface area contributed by atoms with Gasteiger partial charge in [0.25, 0.3) is 0 Å². The first kappa shape index (κ1) is 13.9. The minimum absolute atomic E-state index is 0.248. The van der Waals surface area contributed by atoms with Gasteiger partial charge in [-0.25, -0.2) is 4.98 Å². The SMILES string of the molecule is COc1ccc(Nc2ccc(-c3cccc(O)c3)cn2)cc1. The van der Waals surface area contributed by atoms with E-state index in [0.717, 1.165) is 28.4 Å². The van der Waals surface area contributed by atoms with Gasteiger partial charge in [-0.1, -0.05) is 12.1 Å². The summed E-state index contributed by atoms with van der Waals surface area (Å²) in [4.78, 5) is 4.40. The fraction of sp³-hybridized carbons (Fsp3) is 0.0556. The second-order valence-corrected chi connectivity index (χ2v) is 4.84. The van der Waals surface area contributed by atoms with Crippen molar-refractivity contribution < 1.29 is 9.84 Å². The number of ether oxygens (including phenoxy) is 1. The van der Waals surface area contributed by atoms with Crippen LogP contribution in [0.15, 0.2) is 66.9 Å². The summed E-state index contributed by atoms with van der Waals surface area (Å²) in [5.74, 6) is 1.82. The van der Waals surface area contributed by atoms with Crippen LogP contribution in [0.3, 0.4) is 0 Å². The first-order valence-electron chi connectivity index (χ1n) is 6.91. The van der Waals surface area contributed by atoms with Crippen molar-refractivity contribution in [2.75, 3.05) is 12.4 Å². The van der Waals surface area contributed by atoms with Crippen molar-refractivity contribution in [3.63, 3.8) is 0 Å². The topological polar surface area (TPSA) is 54.4 Å². The van der Waals surface area contributed by atoms with Crippen LogP contribution in [0.5, 0.6) is 11.5 Å². The lowest BCUT2D eigenvalue weighted by Crippen LogP contribution is -1.93. The second kappa shape index (κ2) is 6.18. The zero-order chi connectivity index (χ0) is 15.4. The van der Waals surface area contributed by atoms with Gasteiger partial charge in [-0.15, -0.1) is 0 Å². The molecule has 110 valence electrons. The largest absolute Gasteiger partial charge is 0.508 e. The molecule has 0 aliphatic heterocycles. The van der Waals surface area contributed by atoms with Crippen LogP contribution in [0, 0.1) is 0 Å². The quantitative estimate of drug-likeness (QED) is 0.756. The number of phenolic OH excluding ortho intramolecular Hbond substituents is 1. The Morgan fingerprint density at radius 1 is 0.955 bits per heavy atom. The van der Waals surface area contributed by atoms with E-state index in [9.17, 15) is 5.11 Å². The Labute approximate surface area is 129 Å². The van der Waals surface area contributed by atoms with E-state index in [2.05, 4.69) is 10.3 Å². The predicted octanol–water partition coefficient (Wildman–Crippen LogP) is 4.21. The third kappa shape index (κ3) is 3.17. The summed E-state index contributed by atoms with van der Waals surface area (Å²) in [5.41, 5.74) is 2.83. The third-order valence-corrected chi connectivity index (χ3v) is 3.31. The van der Waals surface area contributed by atoms with Gasteiger partial charge in [0.2, 0.25) is 0 Å². The highest BCUT2D eigenvalue weighted by Crippen LogP contribution is 2.24. The van der Waals surface area contributed by atoms with E-state index in [0.29, 0.717) is 0 Å². The predicted molar refractivity (Wildman–Crippen MR) is 87.6 cm³/mol. The molecule has 1 heterocycles. The molecule has 0 saturated heterocycles. The second-order valence-electron chi connectivity index (χ2n) is 4.84. The van der Waals surface area contributed by atoms with Crippen molar-refractivity contribution in [1.82, 2.24) is 4.98 Å². The van der Waals surface area contributed by atoms with Crippen molar-refractivity contribution in [3.8, 4) is 22.6 Å². The number of nitrogens with zero attached hydrogens (tertiary/aromatic N) is 1. The van der Waals surface area contributed by atoms with E-state index in [1.54, 1.807) is 25.4 Å². The molecule has 3 rings (SSSR count). The maximum absolute atomic E-state index is 9.52. The molecule has 0 atom stereocenters. The number of benzene rings is 2. The number of anilines is 2. The van der Waals surface area contributed by atoms with Crippen molar-refractivity contribution in [3.05, 3.63) is 66.9 Å². The average Bonchev–Trinajstić information content (AvgIpc) is 2.56. The Hall–Kier alpha value is -3.01. The summed E-state index contributed by atoms with van der Waals surface area (Å²) in [7, 11) is 1.64. The van der Waals surface area contributed by atoms with E-state index in [1.807, 2.05) is 48.5 Å². The van der Waals surface area contributed by atoms with Gasteiger partial charge in [0.1, 0.15) is 17.3 Å². The van der Waals surface area contributed by atoms with Gasteiger partial charge in [-0.2, -0.15) is 0 Å². The molecule has 0 fully saturated rings. The summed E-state index contributed by atoms with van der Waals surface area (Å²) in [6.45, 7) is 0. The number of aromatic nitrogens is 1. The molecule has 0 bridgehead atoms. The normalized spacial score (nSPS) is 10.2. The molecule has 0 unspecified atom stereocenters. The van der Waals surface area contributed by atoms with Gasteiger partial charge in [0.15, 0.2) is 0 Å². The zero-order valence-corrected chi connectivity index (χ0v) is 12.2. The van der Waals surface area contributed by atoms with Crippen molar-refractivity contribution in [2.24, 2.45) is 0 Å². The van der Waals surface area contributed by atoms with Crippen LogP contribution in [0.4, 0.5) is 11.5 Å². The molecule has 0 spiro atoms. The van der Waals surface area contributed by atoms with Gasteiger partial charge < -0.3 is 15.2 Å². The Morgan fingerprint density at radius 3 is 2.41 bits per heavy atom. The Morgan fingerprint density at radius 2 is 1.77 bits per heavy atom. The Balaban J connectivity index is 1.76. The number of aromatic hydroxyl groups is 1. The van der Waals surface area contributed by atoms with Crippen molar-refractivity contribution in [2.45, 2.75) is 0 Å². The maximum atomic E-state index is 9.52. The molecule has 3 aromatic rings. The van der Waals surface area contributed by atoms with Crippen molar-refractivity contribution in [1.29, 1.82) is 0 Å². The molecule has 0 amide bonds. The average molecular weight is 292 g/mol. The fourth-order valence-corrected chi connectivity index (χ4v) is 2.15. The van der Waals surface area contributed by atoms with E-state index in [-0.39, 0.29) is 5.75 Å². The van der Waals surface area contributed by atoms with Crippen LogP contribution in [0.2, 0.25) is 0 Å². The van der Waals surface area contributed by atoms with Crippen LogP contribution in [-0.2, 0) is 0 Å². The van der Waals surface area contributed by atoms with Gasteiger partial charge in [-0.3, -0.25) is 0 Å². The smallest absolute Gasteiger partial charge is 0.130 e. The van der Waals surface area contributed by atoms with Gasteiger partial charge in [0.05, 0.1) is 7.11 Å². The molecule has 0 saturated carbocycles. The molecule has 1 aromatic heterocycles. The number of methoxy groups -OCH3 is 1. The van der Waals surface area contributed by atoms with Crippen LogP contribution < -0.4 is 10.1 Å². The Kier molecular flexibility index (Phi) is 3.92. The van der Waals surface area contributed by atoms with Crippen LogP contribution in [0.1, 0.15) is 0 Å². The standard InChI is InChI=1S/C18H16N2O2/c1-22-17-8-6-15(7-9-17)20-18-10-5-14(12-19-18)13-3-2-4-16(21)11-13/h2-12,21H,1H3,(H,19,20). The van der Waals surface area contributed by atoms with E-state index >= 15 is 0 Å². The van der Waals surface area contributed by atoms with Crippen LogP contribution in [0.25, 0.3) is 11.1 Å². The highest BCUT2D eigenvalue weighted by atomic mass is 16.5. The van der Waals surface area contributed by atoms with E-state index in [1.165, 1.54) is 0 Å². The molecule has 22 heavy (non-hydrogen) atoms. The molecular formula is C18H16N2O2. The van der Waals surface area contributed by atoms with Crippen molar-refractivity contribution >= 4 is 11.5 Å². The van der Waals surface area contributed by atoms with Gasteiger partial charge in [-0.05, 0) is 54.1 Å². The summed E-state index contributed by atoms with van der Waals surface area (Å²) in [5, 5.41) is 12.8. The summed E-state index contributed by atoms with van der Waals surface area (Å²) < 4.78 is 5.13. The molecule has 2 aromatic carbocycles. The highest BCUT2D eigenvalue weighted by Gasteiger charge is 2.01. The summed E-state index contributed by atoms with van der Waals surface area (Å²) in [6.07, 6.45) is 1.78. The van der Waals surface area contributed by atoms with E-state index < -0.39 is 0 Å². The first-order valence-corrected chi connectivity index (χ1v) is 6.91. The molecule has 0 radical (unpaired) electrons. The lowest BCUT2D eigenvalue weighted by atomic mass is 10.1. The summed E-state index contributed by atoms with van der Waals surface area (Å²) in [6, 6.07) is 18.6. The number of rotatable bonds is 4. The fourth-order valence-electron chi connectivity index (χ4n) is 2.15. The number of pyridine rings is 1. The van der Waals surface area contributed by atoms with E-state index in [4.69, 9.17) is 4.74 Å².